The minimum atomic E-state index is -3.60. The summed E-state index contributed by atoms with van der Waals surface area (Å²) in [5.74, 6) is 0.140. The van der Waals surface area contributed by atoms with Crippen LogP contribution >= 0.6 is 15.9 Å². The number of benzene rings is 1. The molecule has 0 aliphatic heterocycles. The lowest BCUT2D eigenvalue weighted by Crippen LogP contribution is -2.17. The molecule has 1 heterocycles. The molecule has 0 fully saturated rings. The van der Waals surface area contributed by atoms with Crippen molar-refractivity contribution in [2.24, 2.45) is 0 Å². The number of hydrogen-bond acceptors (Lipinski definition) is 6. The van der Waals surface area contributed by atoms with E-state index < -0.39 is 20.9 Å². The molecule has 1 amide bonds. The van der Waals surface area contributed by atoms with Crippen LogP contribution in [0.3, 0.4) is 0 Å². The highest BCUT2D eigenvalue weighted by molar-refractivity contribution is 9.10. The van der Waals surface area contributed by atoms with E-state index >= 15 is 0 Å². The highest BCUT2D eigenvalue weighted by Gasteiger charge is 2.18. The van der Waals surface area contributed by atoms with Crippen LogP contribution in [0.4, 0.5) is 5.69 Å². The first kappa shape index (κ1) is 17.4. The fraction of sp³-hybridized carbons (Fsp3) is 0.214. The Hall–Kier alpha value is -2.00. The number of hydrogen-bond donors (Lipinski definition) is 1. The normalized spacial score (nSPS) is 11.1. The van der Waals surface area contributed by atoms with Crippen molar-refractivity contribution < 1.29 is 17.9 Å². The van der Waals surface area contributed by atoms with Crippen molar-refractivity contribution in [2.45, 2.75) is 12.1 Å². The average molecular weight is 400 g/mol. The van der Waals surface area contributed by atoms with Gasteiger partial charge >= 0.3 is 0 Å². The van der Waals surface area contributed by atoms with Crippen molar-refractivity contribution in [1.82, 2.24) is 9.97 Å². The van der Waals surface area contributed by atoms with Crippen molar-refractivity contribution in [3.8, 4) is 5.75 Å². The van der Waals surface area contributed by atoms with Crippen molar-refractivity contribution in [3.63, 3.8) is 0 Å². The van der Waals surface area contributed by atoms with Gasteiger partial charge in [0.05, 0.1) is 11.1 Å². The first-order chi connectivity index (χ1) is 10.8. The number of amides is 1. The number of carbonyl (C=O) groups excluding carboxylic acids is 1. The number of nitrogens with zero attached hydrogens (tertiary/aromatic N) is 2. The van der Waals surface area contributed by atoms with E-state index in [0.717, 1.165) is 6.26 Å². The molecule has 0 aliphatic rings. The summed E-state index contributed by atoms with van der Waals surface area (Å²) in [7, 11) is -3.60. The van der Waals surface area contributed by atoms with Gasteiger partial charge in [0.2, 0.25) is 15.0 Å². The molecular weight excluding hydrogens is 386 g/mol. The minimum absolute atomic E-state index is 0.0608. The highest BCUT2D eigenvalue weighted by atomic mass is 79.9. The fourth-order valence-corrected chi connectivity index (χ4v) is 2.55. The first-order valence-corrected chi connectivity index (χ1v) is 9.26. The Morgan fingerprint density at radius 1 is 1.30 bits per heavy atom. The van der Waals surface area contributed by atoms with Gasteiger partial charge in [-0.25, -0.2) is 18.4 Å². The second kappa shape index (κ2) is 7.05. The molecule has 0 radical (unpaired) electrons. The second-order valence-electron chi connectivity index (χ2n) is 4.53. The quantitative estimate of drug-likeness (QED) is 0.774. The Morgan fingerprint density at radius 3 is 2.52 bits per heavy atom. The Balaban J connectivity index is 2.23. The smallest absolute Gasteiger partial charge is 0.275 e. The van der Waals surface area contributed by atoms with E-state index in [4.69, 9.17) is 4.74 Å². The maximum atomic E-state index is 12.3. The zero-order valence-corrected chi connectivity index (χ0v) is 14.8. The molecule has 9 heteroatoms. The Bertz CT molecular complexity index is 822. The van der Waals surface area contributed by atoms with Gasteiger partial charge in [0, 0.05) is 18.1 Å². The number of halogens is 1. The van der Waals surface area contributed by atoms with Crippen LogP contribution in [-0.4, -0.2) is 37.2 Å². The molecule has 0 unspecified atom stereocenters. The summed E-state index contributed by atoms with van der Waals surface area (Å²) < 4.78 is 28.6. The Kier molecular flexibility index (Phi) is 5.32. The molecule has 2 rings (SSSR count). The Morgan fingerprint density at radius 2 is 1.96 bits per heavy atom. The predicted octanol–water partition coefficient (Wildman–Crippen LogP) is 2.29. The van der Waals surface area contributed by atoms with Gasteiger partial charge in [0.15, 0.2) is 0 Å². The molecule has 7 nitrogen and oxygen atoms in total. The van der Waals surface area contributed by atoms with Crippen LogP contribution < -0.4 is 10.1 Å². The molecule has 0 atom stereocenters. The number of aromatic nitrogens is 2. The van der Waals surface area contributed by atoms with E-state index in [9.17, 15) is 13.2 Å². The third-order valence-corrected chi connectivity index (χ3v) is 4.13. The monoisotopic (exact) mass is 399 g/mol. The SMILES string of the molecule is CCOc1ccc(NC(=O)c2nc(S(C)(=O)=O)ncc2Br)cc1. The van der Waals surface area contributed by atoms with Crippen LogP contribution in [0.5, 0.6) is 5.75 Å². The van der Waals surface area contributed by atoms with Crippen LogP contribution in [-0.2, 0) is 9.84 Å². The molecule has 0 saturated heterocycles. The van der Waals surface area contributed by atoms with Gasteiger partial charge in [0.25, 0.3) is 5.91 Å². The summed E-state index contributed by atoms with van der Waals surface area (Å²) in [6.45, 7) is 2.43. The number of carbonyl (C=O) groups is 1. The topological polar surface area (TPSA) is 98.2 Å². The van der Waals surface area contributed by atoms with Crippen LogP contribution in [0, 0.1) is 0 Å². The second-order valence-corrected chi connectivity index (χ2v) is 7.30. The summed E-state index contributed by atoms with van der Waals surface area (Å²) in [5.41, 5.74) is 0.471. The largest absolute Gasteiger partial charge is 0.494 e. The fourth-order valence-electron chi connectivity index (χ4n) is 1.68. The van der Waals surface area contributed by atoms with Gasteiger partial charge in [-0.15, -0.1) is 0 Å². The van der Waals surface area contributed by atoms with E-state index in [0.29, 0.717) is 22.5 Å². The third-order valence-electron chi connectivity index (χ3n) is 2.69. The van der Waals surface area contributed by atoms with Crippen molar-refractivity contribution >= 4 is 37.4 Å². The molecule has 122 valence electrons. The number of sulfone groups is 1. The molecule has 23 heavy (non-hydrogen) atoms. The van der Waals surface area contributed by atoms with E-state index in [2.05, 4.69) is 31.2 Å². The van der Waals surface area contributed by atoms with Crippen LogP contribution in [0.15, 0.2) is 40.1 Å². The Labute approximate surface area is 142 Å². The van der Waals surface area contributed by atoms with Crippen LogP contribution in [0.2, 0.25) is 0 Å². The molecule has 0 aliphatic carbocycles. The lowest BCUT2D eigenvalue weighted by atomic mass is 10.3. The first-order valence-electron chi connectivity index (χ1n) is 6.58. The third kappa shape index (κ3) is 4.49. The number of rotatable bonds is 5. The van der Waals surface area contributed by atoms with Gasteiger partial charge in [-0.1, -0.05) is 0 Å². The number of nitrogens with one attached hydrogen (secondary N) is 1. The molecular formula is C14H14BrN3O4S. The molecule has 0 spiro atoms. The van der Waals surface area contributed by atoms with E-state index in [1.807, 2.05) is 6.92 Å². The summed E-state index contributed by atoms with van der Waals surface area (Å²) in [6.07, 6.45) is 2.21. The summed E-state index contributed by atoms with van der Waals surface area (Å²) >= 11 is 3.14. The van der Waals surface area contributed by atoms with Gasteiger partial charge in [-0.3, -0.25) is 4.79 Å². The van der Waals surface area contributed by atoms with Crippen molar-refractivity contribution in [1.29, 1.82) is 0 Å². The van der Waals surface area contributed by atoms with Gasteiger partial charge in [-0.05, 0) is 47.1 Å². The molecule has 0 bridgehead atoms. The maximum Gasteiger partial charge on any atom is 0.275 e. The minimum Gasteiger partial charge on any atom is -0.494 e. The van der Waals surface area contributed by atoms with Crippen molar-refractivity contribution in [3.05, 3.63) is 40.6 Å². The number of ether oxygens (including phenoxy) is 1. The molecule has 1 aromatic heterocycles. The predicted molar refractivity (Wildman–Crippen MR) is 88.4 cm³/mol. The standard InChI is InChI=1S/C14H14BrN3O4S/c1-3-22-10-6-4-9(5-7-10)17-13(19)12-11(15)8-16-14(18-12)23(2,20)21/h4-8H,3H2,1-2H3,(H,17,19). The van der Waals surface area contributed by atoms with Gasteiger partial charge in [-0.2, -0.15) is 0 Å². The van der Waals surface area contributed by atoms with Crippen molar-refractivity contribution in [2.75, 3.05) is 18.2 Å². The lowest BCUT2D eigenvalue weighted by Gasteiger charge is -2.08. The van der Waals surface area contributed by atoms with E-state index in [-0.39, 0.29) is 5.69 Å². The maximum absolute atomic E-state index is 12.3. The molecule has 1 aromatic carbocycles. The summed E-state index contributed by atoms with van der Waals surface area (Å²) in [5, 5.41) is 2.23. The van der Waals surface area contributed by atoms with E-state index in [1.54, 1.807) is 24.3 Å². The van der Waals surface area contributed by atoms with E-state index in [1.165, 1.54) is 6.20 Å². The van der Waals surface area contributed by atoms with Gasteiger partial charge < -0.3 is 10.1 Å². The zero-order chi connectivity index (χ0) is 17.0. The highest BCUT2D eigenvalue weighted by Crippen LogP contribution is 2.19. The molecule has 2 aromatic rings. The molecule has 1 N–H and O–H groups in total. The summed E-state index contributed by atoms with van der Waals surface area (Å²) in [6, 6.07) is 6.79. The lowest BCUT2D eigenvalue weighted by molar-refractivity contribution is 0.102. The van der Waals surface area contributed by atoms with Crippen LogP contribution in [0.25, 0.3) is 0 Å². The number of anilines is 1. The zero-order valence-electron chi connectivity index (χ0n) is 12.4. The molecule has 0 saturated carbocycles. The summed E-state index contributed by atoms with van der Waals surface area (Å²) in [4.78, 5) is 19.8. The average Bonchev–Trinajstić information content (AvgIpc) is 2.48. The van der Waals surface area contributed by atoms with Crippen LogP contribution in [0.1, 0.15) is 17.4 Å². The van der Waals surface area contributed by atoms with Gasteiger partial charge in [0.1, 0.15) is 11.4 Å².